The fourth-order valence-corrected chi connectivity index (χ4v) is 2.61. The average Bonchev–Trinajstić information content (AvgIpc) is 2.53. The molecule has 1 amide bonds. The third-order valence-corrected chi connectivity index (χ3v) is 4.34. The predicted molar refractivity (Wildman–Crippen MR) is 87.6 cm³/mol. The first-order valence-corrected chi connectivity index (χ1v) is 8.61. The molecule has 0 saturated carbocycles. The number of hydrazine groups is 1. The highest BCUT2D eigenvalue weighted by molar-refractivity contribution is 7.89. The summed E-state index contributed by atoms with van der Waals surface area (Å²) in [6.45, 7) is 0.348. The molecule has 122 valence electrons. The van der Waals surface area contributed by atoms with E-state index in [1.165, 1.54) is 17.1 Å². The number of amides is 1. The van der Waals surface area contributed by atoms with E-state index in [0.717, 1.165) is 11.1 Å². The molecule has 0 heterocycles. The van der Waals surface area contributed by atoms with Gasteiger partial charge in [-0.25, -0.2) is 19.4 Å². The molecule has 0 fully saturated rings. The molecule has 0 aliphatic heterocycles. The van der Waals surface area contributed by atoms with Gasteiger partial charge in [0.15, 0.2) is 0 Å². The second kappa shape index (κ2) is 7.36. The number of carbonyl (C=O) groups is 1. The molecule has 0 unspecified atom stereocenters. The lowest BCUT2D eigenvalue weighted by Crippen LogP contribution is -2.39. The Kier molecular flexibility index (Phi) is 5.49. The van der Waals surface area contributed by atoms with Gasteiger partial charge >= 0.3 is 0 Å². The lowest BCUT2D eigenvalue weighted by molar-refractivity contribution is -0.130. The Labute approximate surface area is 135 Å². The van der Waals surface area contributed by atoms with Gasteiger partial charge in [0, 0.05) is 6.54 Å². The quantitative estimate of drug-likeness (QED) is 0.464. The van der Waals surface area contributed by atoms with Crippen molar-refractivity contribution in [3.63, 3.8) is 0 Å². The van der Waals surface area contributed by atoms with E-state index in [9.17, 15) is 13.2 Å². The van der Waals surface area contributed by atoms with E-state index in [-0.39, 0.29) is 17.2 Å². The first-order valence-electron chi connectivity index (χ1n) is 7.07. The molecule has 0 saturated heterocycles. The van der Waals surface area contributed by atoms with Gasteiger partial charge in [0.2, 0.25) is 15.9 Å². The van der Waals surface area contributed by atoms with Crippen molar-refractivity contribution in [1.82, 2.24) is 5.01 Å². The molecule has 2 aromatic rings. The molecule has 0 aliphatic rings. The number of hydrogen-bond acceptors (Lipinski definition) is 4. The van der Waals surface area contributed by atoms with Crippen LogP contribution in [0.25, 0.3) is 0 Å². The van der Waals surface area contributed by atoms with E-state index in [2.05, 4.69) is 0 Å². The summed E-state index contributed by atoms with van der Waals surface area (Å²) in [5.41, 5.74) is 1.78. The molecule has 0 radical (unpaired) electrons. The number of hydrogen-bond donors (Lipinski definition) is 2. The van der Waals surface area contributed by atoms with E-state index in [0.29, 0.717) is 13.0 Å². The van der Waals surface area contributed by atoms with Crippen LogP contribution in [-0.2, 0) is 27.7 Å². The van der Waals surface area contributed by atoms with Crippen LogP contribution in [0.3, 0.4) is 0 Å². The number of sulfonamides is 1. The fraction of sp³-hybridized carbons (Fsp3) is 0.188. The minimum Gasteiger partial charge on any atom is -0.280 e. The minimum absolute atomic E-state index is 0.0611. The summed E-state index contributed by atoms with van der Waals surface area (Å²) in [4.78, 5) is 12.1. The second-order valence-corrected chi connectivity index (χ2v) is 6.75. The van der Waals surface area contributed by atoms with Gasteiger partial charge in [-0.3, -0.25) is 9.80 Å². The smallest absolute Gasteiger partial charge is 0.240 e. The third kappa shape index (κ3) is 5.17. The van der Waals surface area contributed by atoms with E-state index in [1.54, 1.807) is 12.1 Å². The maximum atomic E-state index is 12.0. The van der Waals surface area contributed by atoms with Crippen molar-refractivity contribution in [3.8, 4) is 0 Å². The second-order valence-electron chi connectivity index (χ2n) is 5.19. The first-order chi connectivity index (χ1) is 10.9. The third-order valence-electron chi connectivity index (χ3n) is 3.41. The molecule has 23 heavy (non-hydrogen) atoms. The lowest BCUT2D eigenvalue weighted by Gasteiger charge is -2.16. The molecule has 6 nitrogen and oxygen atoms in total. The maximum absolute atomic E-state index is 12.0. The Morgan fingerprint density at radius 3 is 2.13 bits per heavy atom. The van der Waals surface area contributed by atoms with Crippen LogP contribution in [0.2, 0.25) is 0 Å². The molecular formula is C16H19N3O3S. The van der Waals surface area contributed by atoms with Crippen LogP contribution in [0.1, 0.15) is 11.1 Å². The number of benzene rings is 2. The zero-order chi connectivity index (χ0) is 16.9. The fourth-order valence-electron chi connectivity index (χ4n) is 2.09. The molecule has 2 aromatic carbocycles. The molecule has 2 rings (SSSR count). The number of nitrogens with two attached hydrogens (primary N) is 2. The standard InChI is InChI=1S/C16H19N3O3S/c17-19(16(20)12-14-4-2-1-3-5-14)11-10-13-6-8-15(9-7-13)23(18,21)22/h1-9H,10-12,17H2,(H2,18,21,22). The topological polar surface area (TPSA) is 106 Å². The summed E-state index contributed by atoms with van der Waals surface area (Å²) in [5.74, 6) is 5.61. The zero-order valence-electron chi connectivity index (χ0n) is 12.6. The Morgan fingerprint density at radius 2 is 1.57 bits per heavy atom. The summed E-state index contributed by atoms with van der Waals surface area (Å²) in [7, 11) is -3.69. The summed E-state index contributed by atoms with van der Waals surface area (Å²) >= 11 is 0. The van der Waals surface area contributed by atoms with Crippen molar-refractivity contribution in [3.05, 3.63) is 65.7 Å². The molecule has 0 aromatic heterocycles. The zero-order valence-corrected chi connectivity index (χ0v) is 13.4. The SMILES string of the molecule is NN(CCc1ccc(S(N)(=O)=O)cc1)C(=O)Cc1ccccc1. The van der Waals surface area contributed by atoms with E-state index in [4.69, 9.17) is 11.0 Å². The highest BCUT2D eigenvalue weighted by atomic mass is 32.2. The van der Waals surface area contributed by atoms with E-state index >= 15 is 0 Å². The van der Waals surface area contributed by atoms with Crippen LogP contribution in [-0.4, -0.2) is 25.9 Å². The van der Waals surface area contributed by atoms with Crippen molar-refractivity contribution in [2.75, 3.05) is 6.54 Å². The number of rotatable bonds is 6. The van der Waals surface area contributed by atoms with E-state index in [1.807, 2.05) is 30.3 Å². The van der Waals surface area contributed by atoms with Gasteiger partial charge < -0.3 is 0 Å². The number of carbonyl (C=O) groups excluding carboxylic acids is 1. The molecular weight excluding hydrogens is 314 g/mol. The van der Waals surface area contributed by atoms with Crippen molar-refractivity contribution in [2.45, 2.75) is 17.7 Å². The number of nitrogens with zero attached hydrogens (tertiary/aromatic N) is 1. The van der Waals surface area contributed by atoms with Crippen molar-refractivity contribution < 1.29 is 13.2 Å². The molecule has 0 bridgehead atoms. The van der Waals surface area contributed by atoms with Crippen molar-refractivity contribution in [1.29, 1.82) is 0 Å². The Hall–Kier alpha value is -2.22. The van der Waals surface area contributed by atoms with Gasteiger partial charge in [0.25, 0.3) is 0 Å². The maximum Gasteiger partial charge on any atom is 0.240 e. The summed E-state index contributed by atoms with van der Waals surface area (Å²) in [6.07, 6.45) is 0.781. The normalized spacial score (nSPS) is 11.2. The predicted octanol–water partition coefficient (Wildman–Crippen LogP) is 0.822. The van der Waals surface area contributed by atoms with Crippen molar-refractivity contribution >= 4 is 15.9 Å². The van der Waals surface area contributed by atoms with Crippen LogP contribution in [0.4, 0.5) is 0 Å². The van der Waals surface area contributed by atoms with Gasteiger partial charge in [-0.2, -0.15) is 0 Å². The molecule has 7 heteroatoms. The van der Waals surface area contributed by atoms with Crippen LogP contribution < -0.4 is 11.0 Å². The monoisotopic (exact) mass is 333 g/mol. The van der Waals surface area contributed by atoms with Gasteiger partial charge in [-0.05, 0) is 29.7 Å². The van der Waals surface area contributed by atoms with Crippen LogP contribution in [0.5, 0.6) is 0 Å². The average molecular weight is 333 g/mol. The minimum atomic E-state index is -3.69. The van der Waals surface area contributed by atoms with E-state index < -0.39 is 10.0 Å². The Balaban J connectivity index is 1.88. The van der Waals surface area contributed by atoms with Gasteiger partial charge in [0.05, 0.1) is 11.3 Å². The molecule has 0 aliphatic carbocycles. The molecule has 0 spiro atoms. The van der Waals surface area contributed by atoms with Crippen LogP contribution in [0.15, 0.2) is 59.5 Å². The largest absolute Gasteiger partial charge is 0.280 e. The number of primary sulfonamides is 1. The Bertz CT molecular complexity index is 759. The highest BCUT2D eigenvalue weighted by Gasteiger charge is 2.11. The highest BCUT2D eigenvalue weighted by Crippen LogP contribution is 2.09. The summed E-state index contributed by atoms with van der Waals surface area (Å²) in [6, 6.07) is 15.6. The van der Waals surface area contributed by atoms with Gasteiger partial charge in [-0.15, -0.1) is 0 Å². The van der Waals surface area contributed by atoms with Crippen LogP contribution in [0, 0.1) is 0 Å². The lowest BCUT2D eigenvalue weighted by atomic mass is 10.1. The van der Waals surface area contributed by atoms with Crippen molar-refractivity contribution in [2.24, 2.45) is 11.0 Å². The molecule has 0 atom stereocenters. The van der Waals surface area contributed by atoms with Gasteiger partial charge in [0.1, 0.15) is 0 Å². The summed E-state index contributed by atoms with van der Waals surface area (Å²) in [5, 5.41) is 6.22. The Morgan fingerprint density at radius 1 is 0.957 bits per heavy atom. The summed E-state index contributed by atoms with van der Waals surface area (Å²) < 4.78 is 22.4. The van der Waals surface area contributed by atoms with Crippen LogP contribution >= 0.6 is 0 Å². The molecule has 4 N–H and O–H groups in total. The van der Waals surface area contributed by atoms with Gasteiger partial charge in [-0.1, -0.05) is 42.5 Å². The first kappa shape index (κ1) is 17.1.